The zero-order valence-electron chi connectivity index (χ0n) is 8.51. The number of H-pyrrole nitrogens is 1. The number of amides is 2. The predicted octanol–water partition coefficient (Wildman–Crippen LogP) is -0.108. The summed E-state index contributed by atoms with van der Waals surface area (Å²) in [5, 5.41) is 10.9. The van der Waals surface area contributed by atoms with E-state index in [-0.39, 0.29) is 17.8 Å². The van der Waals surface area contributed by atoms with Gasteiger partial charge < -0.3 is 20.3 Å². The lowest BCUT2D eigenvalue weighted by Gasteiger charge is -2.14. The second-order valence-electron chi connectivity index (χ2n) is 3.62. The van der Waals surface area contributed by atoms with Crippen molar-refractivity contribution < 1.29 is 14.7 Å². The summed E-state index contributed by atoms with van der Waals surface area (Å²) in [6.07, 6.45) is 2.67. The molecule has 2 rings (SSSR count). The molecular formula is C9H12N4O3. The summed E-state index contributed by atoms with van der Waals surface area (Å²) in [4.78, 5) is 30.4. The van der Waals surface area contributed by atoms with Crippen LogP contribution in [0.1, 0.15) is 17.0 Å². The Balaban J connectivity index is 1.94. The number of aromatic nitrogens is 2. The first-order chi connectivity index (χ1) is 7.66. The number of rotatable bonds is 2. The van der Waals surface area contributed by atoms with E-state index in [9.17, 15) is 9.59 Å². The van der Waals surface area contributed by atoms with Crippen molar-refractivity contribution in [1.82, 2.24) is 20.2 Å². The Hall–Kier alpha value is -2.05. The molecular weight excluding hydrogens is 212 g/mol. The molecule has 0 spiro atoms. The van der Waals surface area contributed by atoms with Crippen LogP contribution in [0.3, 0.4) is 0 Å². The molecule has 0 aromatic carbocycles. The minimum Gasteiger partial charge on any atom is -0.465 e. The number of likely N-dealkylation sites (tertiary alicyclic amines) is 1. The van der Waals surface area contributed by atoms with Crippen LogP contribution in [0.2, 0.25) is 0 Å². The second kappa shape index (κ2) is 4.21. The smallest absolute Gasteiger partial charge is 0.404 e. The minimum atomic E-state index is -1.06. The number of imidazole rings is 1. The van der Waals surface area contributed by atoms with Gasteiger partial charge in [-0.15, -0.1) is 0 Å². The maximum Gasteiger partial charge on any atom is 0.404 e. The van der Waals surface area contributed by atoms with Gasteiger partial charge in [-0.05, 0) is 6.42 Å². The van der Waals surface area contributed by atoms with Crippen molar-refractivity contribution in [3.63, 3.8) is 0 Å². The number of hydrogen-bond acceptors (Lipinski definition) is 3. The molecule has 1 aromatic rings. The van der Waals surface area contributed by atoms with E-state index in [0.717, 1.165) is 0 Å². The van der Waals surface area contributed by atoms with E-state index in [2.05, 4.69) is 15.3 Å². The highest BCUT2D eigenvalue weighted by molar-refractivity contribution is 5.90. The van der Waals surface area contributed by atoms with Crippen LogP contribution in [0, 0.1) is 0 Å². The standard InChI is InChI=1S/C9H12N4O3/c14-8(7-10-2-3-11-7)13-4-1-6(5-13)12-9(15)16/h2-3,6,12H,1,4-5H2,(H,10,11)(H,15,16). The molecule has 0 aliphatic carbocycles. The quantitative estimate of drug-likeness (QED) is 0.652. The van der Waals surface area contributed by atoms with E-state index in [0.29, 0.717) is 19.5 Å². The van der Waals surface area contributed by atoms with Crippen molar-refractivity contribution in [2.75, 3.05) is 13.1 Å². The van der Waals surface area contributed by atoms with E-state index in [1.54, 1.807) is 11.1 Å². The van der Waals surface area contributed by atoms with Crippen LogP contribution in [0.25, 0.3) is 0 Å². The third-order valence-electron chi connectivity index (χ3n) is 2.50. The zero-order valence-corrected chi connectivity index (χ0v) is 8.51. The molecule has 2 amide bonds. The van der Waals surface area contributed by atoms with Gasteiger partial charge >= 0.3 is 6.09 Å². The van der Waals surface area contributed by atoms with Crippen LogP contribution in [0.5, 0.6) is 0 Å². The zero-order chi connectivity index (χ0) is 11.5. The Morgan fingerprint density at radius 3 is 3.06 bits per heavy atom. The average molecular weight is 224 g/mol. The van der Waals surface area contributed by atoms with Gasteiger partial charge in [0.15, 0.2) is 5.82 Å². The maximum atomic E-state index is 11.8. The Labute approximate surface area is 91.5 Å². The van der Waals surface area contributed by atoms with Gasteiger partial charge in [0.05, 0.1) is 6.04 Å². The monoisotopic (exact) mass is 224 g/mol. The Morgan fingerprint density at radius 1 is 1.62 bits per heavy atom. The fourth-order valence-electron chi connectivity index (χ4n) is 1.77. The van der Waals surface area contributed by atoms with Gasteiger partial charge in [0, 0.05) is 25.5 Å². The highest BCUT2D eigenvalue weighted by Gasteiger charge is 2.28. The third kappa shape index (κ3) is 2.13. The van der Waals surface area contributed by atoms with Gasteiger partial charge in [0.1, 0.15) is 0 Å². The Bertz CT molecular complexity index is 389. The number of aromatic amines is 1. The van der Waals surface area contributed by atoms with Crippen LogP contribution >= 0.6 is 0 Å². The number of carbonyl (C=O) groups excluding carboxylic acids is 1. The molecule has 1 atom stereocenters. The minimum absolute atomic E-state index is 0.184. The Morgan fingerprint density at radius 2 is 2.44 bits per heavy atom. The molecule has 2 heterocycles. The number of nitrogens with zero attached hydrogens (tertiary/aromatic N) is 2. The number of hydrogen-bond donors (Lipinski definition) is 3. The van der Waals surface area contributed by atoms with Crippen LogP contribution < -0.4 is 5.32 Å². The molecule has 1 saturated heterocycles. The molecule has 1 aliphatic rings. The van der Waals surface area contributed by atoms with Gasteiger partial charge in [-0.25, -0.2) is 9.78 Å². The molecule has 7 nitrogen and oxygen atoms in total. The summed E-state index contributed by atoms with van der Waals surface area (Å²) in [5.74, 6) is 0.0932. The normalized spacial score (nSPS) is 19.8. The van der Waals surface area contributed by atoms with Gasteiger partial charge in [0.25, 0.3) is 5.91 Å². The number of carbonyl (C=O) groups is 2. The fraction of sp³-hybridized carbons (Fsp3) is 0.444. The van der Waals surface area contributed by atoms with Gasteiger partial charge in [-0.1, -0.05) is 0 Å². The molecule has 16 heavy (non-hydrogen) atoms. The van der Waals surface area contributed by atoms with Crippen LogP contribution in [0.4, 0.5) is 4.79 Å². The van der Waals surface area contributed by atoms with Crippen molar-refractivity contribution in [1.29, 1.82) is 0 Å². The first kappa shape index (κ1) is 10.5. The van der Waals surface area contributed by atoms with E-state index in [4.69, 9.17) is 5.11 Å². The van der Waals surface area contributed by atoms with Gasteiger partial charge in [0.2, 0.25) is 0 Å². The molecule has 0 bridgehead atoms. The summed E-state index contributed by atoms with van der Waals surface area (Å²) in [7, 11) is 0. The van der Waals surface area contributed by atoms with Crippen molar-refractivity contribution in [2.24, 2.45) is 0 Å². The summed E-state index contributed by atoms with van der Waals surface area (Å²) < 4.78 is 0. The summed E-state index contributed by atoms with van der Waals surface area (Å²) in [5.41, 5.74) is 0. The van der Waals surface area contributed by atoms with Crippen LogP contribution in [0.15, 0.2) is 12.4 Å². The molecule has 1 fully saturated rings. The highest BCUT2D eigenvalue weighted by Crippen LogP contribution is 2.11. The molecule has 1 aliphatic heterocycles. The lowest BCUT2D eigenvalue weighted by molar-refractivity contribution is 0.0777. The lowest BCUT2D eigenvalue weighted by Crippen LogP contribution is -2.37. The third-order valence-corrected chi connectivity index (χ3v) is 2.50. The van der Waals surface area contributed by atoms with Crippen LogP contribution in [-0.4, -0.2) is 51.1 Å². The van der Waals surface area contributed by atoms with E-state index in [1.807, 2.05) is 0 Å². The number of carboxylic acid groups (broad SMARTS) is 1. The van der Waals surface area contributed by atoms with Crippen molar-refractivity contribution >= 4 is 12.0 Å². The lowest BCUT2D eigenvalue weighted by atomic mass is 10.3. The summed E-state index contributed by atoms with van der Waals surface area (Å²) in [6, 6.07) is -0.184. The van der Waals surface area contributed by atoms with Gasteiger partial charge in [-0.3, -0.25) is 4.79 Å². The molecule has 0 radical (unpaired) electrons. The maximum absolute atomic E-state index is 11.8. The molecule has 0 saturated carbocycles. The van der Waals surface area contributed by atoms with Crippen molar-refractivity contribution in [2.45, 2.75) is 12.5 Å². The molecule has 86 valence electrons. The Kier molecular flexibility index (Phi) is 2.76. The molecule has 3 N–H and O–H groups in total. The highest BCUT2D eigenvalue weighted by atomic mass is 16.4. The van der Waals surface area contributed by atoms with Crippen LogP contribution in [-0.2, 0) is 0 Å². The number of nitrogens with one attached hydrogen (secondary N) is 2. The van der Waals surface area contributed by atoms with E-state index < -0.39 is 6.09 Å². The topological polar surface area (TPSA) is 98.3 Å². The average Bonchev–Trinajstić information content (AvgIpc) is 2.84. The van der Waals surface area contributed by atoms with E-state index in [1.165, 1.54) is 6.20 Å². The largest absolute Gasteiger partial charge is 0.465 e. The van der Waals surface area contributed by atoms with Gasteiger partial charge in [-0.2, -0.15) is 0 Å². The first-order valence-corrected chi connectivity index (χ1v) is 4.95. The molecule has 1 unspecified atom stereocenters. The SMILES string of the molecule is O=C(O)NC1CCN(C(=O)c2ncc[nH]2)C1. The molecule has 7 heteroatoms. The fourth-order valence-corrected chi connectivity index (χ4v) is 1.77. The summed E-state index contributed by atoms with van der Waals surface area (Å²) in [6.45, 7) is 0.941. The van der Waals surface area contributed by atoms with Crippen molar-refractivity contribution in [3.05, 3.63) is 18.2 Å². The second-order valence-corrected chi connectivity index (χ2v) is 3.62. The molecule has 1 aromatic heterocycles. The van der Waals surface area contributed by atoms with Crippen molar-refractivity contribution in [3.8, 4) is 0 Å². The van der Waals surface area contributed by atoms with E-state index >= 15 is 0 Å². The summed E-state index contributed by atoms with van der Waals surface area (Å²) >= 11 is 0. The first-order valence-electron chi connectivity index (χ1n) is 4.95. The predicted molar refractivity (Wildman–Crippen MR) is 54.1 cm³/mol.